The van der Waals surface area contributed by atoms with Gasteiger partial charge in [-0.15, -0.1) is 0 Å². The van der Waals surface area contributed by atoms with Crippen LogP contribution in [0, 0.1) is 0 Å². The Kier molecular flexibility index (Phi) is 5.22. The summed E-state index contributed by atoms with van der Waals surface area (Å²) in [7, 11) is 0. The Morgan fingerprint density at radius 2 is 1.32 bits per heavy atom. The zero-order chi connectivity index (χ0) is 18.4. The molecule has 3 aliphatic rings. The van der Waals surface area contributed by atoms with Gasteiger partial charge in [0, 0.05) is 62.4 Å². The highest BCUT2D eigenvalue weighted by Crippen LogP contribution is 2.28. The lowest BCUT2D eigenvalue weighted by Crippen LogP contribution is -2.66. The van der Waals surface area contributed by atoms with Gasteiger partial charge in [0.1, 0.15) is 0 Å². The third-order valence-corrected chi connectivity index (χ3v) is 6.47. The molecule has 3 fully saturated rings. The second-order valence-corrected chi connectivity index (χ2v) is 10.2. The molecule has 0 radical (unpaired) electrons. The number of likely N-dealkylation sites (tertiary alicyclic amines) is 2. The molecule has 3 heterocycles. The molecule has 1 amide bonds. The third kappa shape index (κ3) is 4.20. The second-order valence-electron chi connectivity index (χ2n) is 10.2. The lowest BCUT2D eigenvalue weighted by molar-refractivity contribution is -0.142. The minimum absolute atomic E-state index is 0.0915. The molecule has 0 aromatic rings. The predicted octanol–water partition coefficient (Wildman–Crippen LogP) is 1.88. The topological polar surface area (TPSA) is 30.0 Å². The van der Waals surface area contributed by atoms with Gasteiger partial charge in [0.15, 0.2) is 0 Å². The monoisotopic (exact) mass is 350 g/mol. The number of hydrogen-bond donors (Lipinski definition) is 0. The summed E-state index contributed by atoms with van der Waals surface area (Å²) in [5.41, 5.74) is 0.391. The Morgan fingerprint density at radius 1 is 0.760 bits per heavy atom. The zero-order valence-electron chi connectivity index (χ0n) is 17.2. The minimum atomic E-state index is 0.0915. The van der Waals surface area contributed by atoms with E-state index in [9.17, 15) is 4.79 Å². The Morgan fingerprint density at radius 3 is 1.80 bits per heavy atom. The molecule has 0 saturated carbocycles. The molecule has 3 aliphatic heterocycles. The van der Waals surface area contributed by atoms with E-state index >= 15 is 0 Å². The third-order valence-electron chi connectivity index (χ3n) is 6.47. The first-order valence-electron chi connectivity index (χ1n) is 10.1. The first kappa shape index (κ1) is 19.1. The molecule has 0 N–H and O–H groups in total. The number of piperazine rings is 1. The van der Waals surface area contributed by atoms with Crippen molar-refractivity contribution in [2.24, 2.45) is 0 Å². The summed E-state index contributed by atoms with van der Waals surface area (Å²) < 4.78 is 0. The van der Waals surface area contributed by atoms with Crippen molar-refractivity contribution in [3.8, 4) is 0 Å². The molecule has 0 unspecified atom stereocenters. The number of nitrogens with zero attached hydrogens (tertiary/aromatic N) is 4. The van der Waals surface area contributed by atoms with E-state index in [1.807, 2.05) is 0 Å². The summed E-state index contributed by atoms with van der Waals surface area (Å²) >= 11 is 0. The van der Waals surface area contributed by atoms with Crippen LogP contribution < -0.4 is 0 Å². The zero-order valence-corrected chi connectivity index (χ0v) is 17.2. The molecule has 0 aliphatic carbocycles. The SMILES string of the molecule is CC(C)(C)N1CCN(C2CCN(C3CN(C(C)(C)C)C3)CC2)C(=O)C1. The maximum absolute atomic E-state index is 12.7. The fourth-order valence-corrected chi connectivity index (χ4v) is 4.44. The van der Waals surface area contributed by atoms with Crippen LogP contribution in [0.3, 0.4) is 0 Å². The maximum Gasteiger partial charge on any atom is 0.237 e. The summed E-state index contributed by atoms with van der Waals surface area (Å²) in [6.45, 7) is 20.7. The lowest BCUT2D eigenvalue weighted by atomic mass is 9.93. The van der Waals surface area contributed by atoms with E-state index in [2.05, 4.69) is 61.1 Å². The summed E-state index contributed by atoms with van der Waals surface area (Å²) in [4.78, 5) is 22.4. The van der Waals surface area contributed by atoms with Gasteiger partial charge in [0.05, 0.1) is 6.54 Å². The first-order valence-corrected chi connectivity index (χ1v) is 10.1. The Bertz CT molecular complexity index is 479. The highest BCUT2D eigenvalue weighted by Gasteiger charge is 2.40. The number of carbonyl (C=O) groups excluding carboxylic acids is 1. The number of hydrogen-bond acceptors (Lipinski definition) is 4. The van der Waals surface area contributed by atoms with Crippen LogP contribution in [0.25, 0.3) is 0 Å². The van der Waals surface area contributed by atoms with E-state index in [0.29, 0.717) is 24.0 Å². The van der Waals surface area contributed by atoms with Crippen LogP contribution in [-0.2, 0) is 4.79 Å². The van der Waals surface area contributed by atoms with E-state index in [0.717, 1.165) is 45.1 Å². The molecular formula is C20H38N4O. The number of carbonyl (C=O) groups is 1. The van der Waals surface area contributed by atoms with Crippen molar-refractivity contribution in [1.29, 1.82) is 0 Å². The molecule has 0 spiro atoms. The first-order chi connectivity index (χ1) is 11.6. The molecule has 144 valence electrons. The van der Waals surface area contributed by atoms with Gasteiger partial charge in [-0.2, -0.15) is 0 Å². The standard InChI is InChI=1S/C20H38N4O/c1-19(2,3)22-11-12-24(18(25)15-22)16-7-9-21(10-8-16)17-13-23(14-17)20(4,5)6/h16-17H,7-15H2,1-6H3. The summed E-state index contributed by atoms with van der Waals surface area (Å²) in [6.07, 6.45) is 2.29. The highest BCUT2D eigenvalue weighted by atomic mass is 16.2. The van der Waals surface area contributed by atoms with Gasteiger partial charge in [-0.05, 0) is 54.4 Å². The van der Waals surface area contributed by atoms with Gasteiger partial charge < -0.3 is 4.90 Å². The van der Waals surface area contributed by atoms with Gasteiger partial charge >= 0.3 is 0 Å². The molecule has 5 nitrogen and oxygen atoms in total. The fourth-order valence-electron chi connectivity index (χ4n) is 4.44. The molecule has 3 rings (SSSR count). The van der Waals surface area contributed by atoms with Crippen molar-refractivity contribution in [2.75, 3.05) is 45.8 Å². The smallest absolute Gasteiger partial charge is 0.237 e. The Labute approximate surface area is 154 Å². The predicted molar refractivity (Wildman–Crippen MR) is 103 cm³/mol. The van der Waals surface area contributed by atoms with Crippen LogP contribution in [-0.4, -0.2) is 94.5 Å². The van der Waals surface area contributed by atoms with E-state index in [4.69, 9.17) is 0 Å². The van der Waals surface area contributed by atoms with Crippen LogP contribution in [0.1, 0.15) is 54.4 Å². The molecule has 5 heteroatoms. The van der Waals surface area contributed by atoms with Crippen LogP contribution in [0.4, 0.5) is 0 Å². The van der Waals surface area contributed by atoms with Crippen molar-refractivity contribution in [2.45, 2.75) is 77.5 Å². The van der Waals surface area contributed by atoms with Crippen LogP contribution in [0.15, 0.2) is 0 Å². The van der Waals surface area contributed by atoms with Crippen LogP contribution in [0.5, 0.6) is 0 Å². The van der Waals surface area contributed by atoms with Gasteiger partial charge in [-0.1, -0.05) is 0 Å². The Balaban J connectivity index is 1.45. The van der Waals surface area contributed by atoms with Gasteiger partial charge in [0.2, 0.25) is 5.91 Å². The molecular weight excluding hydrogens is 312 g/mol. The van der Waals surface area contributed by atoms with Gasteiger partial charge in [0.25, 0.3) is 0 Å². The molecule has 25 heavy (non-hydrogen) atoms. The second kappa shape index (κ2) is 6.82. The van der Waals surface area contributed by atoms with Crippen LogP contribution >= 0.6 is 0 Å². The summed E-state index contributed by atoms with van der Waals surface area (Å²) in [5.74, 6) is 0.335. The molecule has 0 atom stereocenters. The van der Waals surface area contributed by atoms with E-state index in [1.165, 1.54) is 13.1 Å². The Hall–Kier alpha value is -0.650. The minimum Gasteiger partial charge on any atom is -0.337 e. The van der Waals surface area contributed by atoms with Gasteiger partial charge in [-0.25, -0.2) is 0 Å². The van der Waals surface area contributed by atoms with Crippen molar-refractivity contribution >= 4 is 5.91 Å². The van der Waals surface area contributed by atoms with E-state index in [-0.39, 0.29) is 5.54 Å². The number of rotatable bonds is 2. The maximum atomic E-state index is 12.7. The molecule has 0 bridgehead atoms. The summed E-state index contributed by atoms with van der Waals surface area (Å²) in [5, 5.41) is 0. The number of amides is 1. The quantitative estimate of drug-likeness (QED) is 0.761. The lowest BCUT2D eigenvalue weighted by Gasteiger charge is -2.53. The average molecular weight is 351 g/mol. The van der Waals surface area contributed by atoms with Crippen molar-refractivity contribution in [3.63, 3.8) is 0 Å². The number of piperidine rings is 1. The van der Waals surface area contributed by atoms with Gasteiger partial charge in [-0.3, -0.25) is 19.5 Å². The average Bonchev–Trinajstić information content (AvgIpc) is 2.44. The van der Waals surface area contributed by atoms with Crippen molar-refractivity contribution < 1.29 is 4.79 Å². The fraction of sp³-hybridized carbons (Fsp3) is 0.950. The van der Waals surface area contributed by atoms with Crippen LogP contribution in [0.2, 0.25) is 0 Å². The largest absolute Gasteiger partial charge is 0.337 e. The molecule has 3 saturated heterocycles. The summed E-state index contributed by atoms with van der Waals surface area (Å²) in [6, 6.07) is 1.19. The van der Waals surface area contributed by atoms with Crippen molar-refractivity contribution in [1.82, 2.24) is 19.6 Å². The van der Waals surface area contributed by atoms with E-state index < -0.39 is 0 Å². The molecule has 0 aromatic heterocycles. The van der Waals surface area contributed by atoms with Crippen molar-refractivity contribution in [3.05, 3.63) is 0 Å². The normalized spacial score (nSPS) is 27.0. The van der Waals surface area contributed by atoms with E-state index in [1.54, 1.807) is 0 Å². The highest BCUT2D eigenvalue weighted by molar-refractivity contribution is 5.79. The molecule has 0 aromatic carbocycles.